The summed E-state index contributed by atoms with van der Waals surface area (Å²) in [4.78, 5) is 8.83. The monoisotopic (exact) mass is 544 g/mol. The second-order valence-electron chi connectivity index (χ2n) is 7.84. The maximum atomic E-state index is 12.9. The Hall–Kier alpha value is -4.03. The van der Waals surface area contributed by atoms with Crippen molar-refractivity contribution < 1.29 is 22.6 Å². The molecular weight excluding hydrogens is 520 g/mol. The first-order valence-corrected chi connectivity index (χ1v) is 12.7. The summed E-state index contributed by atoms with van der Waals surface area (Å²) in [5.41, 5.74) is 2.65. The van der Waals surface area contributed by atoms with Crippen LogP contribution in [0.15, 0.2) is 53.7 Å². The number of benzene rings is 2. The van der Waals surface area contributed by atoms with Gasteiger partial charge >= 0.3 is 0 Å². The molecule has 2 heterocycles. The Labute approximate surface area is 219 Å². The van der Waals surface area contributed by atoms with Crippen LogP contribution < -0.4 is 24.2 Å². The lowest BCUT2D eigenvalue weighted by Crippen LogP contribution is -2.14. The Bertz CT molecular complexity index is 1510. The molecule has 0 amide bonds. The highest BCUT2D eigenvalue weighted by atomic mass is 35.5. The molecule has 0 saturated carbocycles. The molecule has 4 rings (SSSR count). The highest BCUT2D eigenvalue weighted by Crippen LogP contribution is 2.40. The van der Waals surface area contributed by atoms with Gasteiger partial charge < -0.3 is 19.5 Å². The number of halogens is 1. The number of rotatable bonds is 9. The first kappa shape index (κ1) is 26.0. The van der Waals surface area contributed by atoms with Crippen LogP contribution in [0.4, 0.5) is 17.2 Å². The zero-order valence-corrected chi connectivity index (χ0v) is 22.3. The van der Waals surface area contributed by atoms with Gasteiger partial charge in [-0.2, -0.15) is 5.10 Å². The smallest absolute Gasteiger partial charge is 0.266 e. The lowest BCUT2D eigenvalue weighted by atomic mass is 10.1. The highest BCUT2D eigenvalue weighted by Gasteiger charge is 2.25. The van der Waals surface area contributed by atoms with E-state index >= 15 is 0 Å². The fourth-order valence-corrected chi connectivity index (χ4v) is 5.51. The molecule has 0 fully saturated rings. The van der Waals surface area contributed by atoms with Crippen LogP contribution in [-0.4, -0.2) is 49.5 Å². The molecule has 0 bridgehead atoms. The van der Waals surface area contributed by atoms with Gasteiger partial charge in [0.05, 0.1) is 45.1 Å². The second kappa shape index (κ2) is 10.5. The SMILES string of the molecule is COc1cc(Nc2cncc(-c3ccc(NS(=O)(=O)c4c(C)nn(C)c4Cl)cc3)n2)cc(OC)c1OC. The van der Waals surface area contributed by atoms with Gasteiger partial charge in [0.2, 0.25) is 5.75 Å². The maximum absolute atomic E-state index is 12.9. The lowest BCUT2D eigenvalue weighted by molar-refractivity contribution is 0.324. The summed E-state index contributed by atoms with van der Waals surface area (Å²) in [6, 6.07) is 10.3. The molecule has 2 aromatic carbocycles. The maximum Gasteiger partial charge on any atom is 0.266 e. The third-order valence-corrected chi connectivity index (χ3v) is 7.45. The summed E-state index contributed by atoms with van der Waals surface area (Å²) in [5, 5.41) is 7.28. The first-order valence-electron chi connectivity index (χ1n) is 10.9. The van der Waals surface area contributed by atoms with E-state index in [1.54, 1.807) is 62.8 Å². The minimum atomic E-state index is -3.92. The number of anilines is 3. The average Bonchev–Trinajstić information content (AvgIpc) is 3.15. The summed E-state index contributed by atoms with van der Waals surface area (Å²) in [7, 11) is 2.27. The van der Waals surface area contributed by atoms with Gasteiger partial charge in [-0.3, -0.25) is 14.4 Å². The molecule has 37 heavy (non-hydrogen) atoms. The number of nitrogens with zero attached hydrogens (tertiary/aromatic N) is 4. The fraction of sp³-hybridized carbons (Fsp3) is 0.208. The third-order valence-electron chi connectivity index (χ3n) is 5.37. The Morgan fingerprint density at radius 1 is 0.946 bits per heavy atom. The van der Waals surface area contributed by atoms with E-state index in [1.165, 1.54) is 26.0 Å². The van der Waals surface area contributed by atoms with Crippen LogP contribution in [0, 0.1) is 6.92 Å². The van der Waals surface area contributed by atoms with E-state index in [2.05, 4.69) is 25.1 Å². The average molecular weight is 545 g/mol. The van der Waals surface area contributed by atoms with Crippen molar-refractivity contribution in [2.45, 2.75) is 11.8 Å². The predicted molar refractivity (Wildman–Crippen MR) is 141 cm³/mol. The van der Waals surface area contributed by atoms with Crippen LogP contribution in [0.3, 0.4) is 0 Å². The summed E-state index contributed by atoms with van der Waals surface area (Å²) in [5.74, 6) is 1.95. The molecule has 0 spiro atoms. The largest absolute Gasteiger partial charge is 0.493 e. The highest BCUT2D eigenvalue weighted by molar-refractivity contribution is 7.92. The quantitative estimate of drug-likeness (QED) is 0.314. The number of methoxy groups -OCH3 is 3. The summed E-state index contributed by atoms with van der Waals surface area (Å²) < 4.78 is 45.7. The number of ether oxygens (including phenoxy) is 3. The molecule has 0 aliphatic rings. The van der Waals surface area contributed by atoms with Gasteiger partial charge in [0.1, 0.15) is 15.9 Å². The van der Waals surface area contributed by atoms with Crippen LogP contribution in [0.1, 0.15) is 5.69 Å². The van der Waals surface area contributed by atoms with Gasteiger partial charge in [0, 0.05) is 36.1 Å². The predicted octanol–water partition coefficient (Wildman–Crippen LogP) is 4.41. The number of hydrogen-bond donors (Lipinski definition) is 2. The van der Waals surface area contributed by atoms with Crippen molar-refractivity contribution in [1.29, 1.82) is 0 Å². The van der Waals surface area contributed by atoms with Crippen LogP contribution in [0.25, 0.3) is 11.3 Å². The van der Waals surface area contributed by atoms with E-state index in [4.69, 9.17) is 25.8 Å². The van der Waals surface area contributed by atoms with Gasteiger partial charge in [-0.25, -0.2) is 13.4 Å². The molecular formula is C24H25ClN6O5S. The van der Waals surface area contributed by atoms with E-state index in [-0.39, 0.29) is 10.0 Å². The van der Waals surface area contributed by atoms with Crippen molar-refractivity contribution in [1.82, 2.24) is 19.7 Å². The molecule has 13 heteroatoms. The summed E-state index contributed by atoms with van der Waals surface area (Å²) >= 11 is 6.13. The first-order chi connectivity index (χ1) is 17.7. The topological polar surface area (TPSA) is 129 Å². The van der Waals surface area contributed by atoms with Gasteiger partial charge in [0.25, 0.3) is 10.0 Å². The minimum absolute atomic E-state index is 0.0355. The molecule has 2 aromatic heterocycles. The van der Waals surface area contributed by atoms with E-state index < -0.39 is 10.0 Å². The number of aryl methyl sites for hydroxylation is 2. The molecule has 0 unspecified atom stereocenters. The Kier molecular flexibility index (Phi) is 7.41. The second-order valence-corrected chi connectivity index (χ2v) is 9.82. The molecule has 194 valence electrons. The Balaban J connectivity index is 1.55. The molecule has 11 nitrogen and oxygen atoms in total. The number of hydrogen-bond acceptors (Lipinski definition) is 9. The van der Waals surface area contributed by atoms with Crippen molar-refractivity contribution in [2.75, 3.05) is 31.4 Å². The summed E-state index contributed by atoms with van der Waals surface area (Å²) in [6.07, 6.45) is 3.19. The van der Waals surface area contributed by atoms with Crippen molar-refractivity contribution in [2.24, 2.45) is 7.05 Å². The molecule has 0 aliphatic carbocycles. The summed E-state index contributed by atoms with van der Waals surface area (Å²) in [6.45, 7) is 1.58. The zero-order valence-electron chi connectivity index (χ0n) is 20.7. The van der Waals surface area contributed by atoms with Gasteiger partial charge in [0.15, 0.2) is 11.5 Å². The number of sulfonamides is 1. The molecule has 0 atom stereocenters. The third kappa shape index (κ3) is 5.39. The molecule has 0 radical (unpaired) electrons. The molecule has 0 saturated heterocycles. The lowest BCUT2D eigenvalue weighted by Gasteiger charge is -2.15. The Morgan fingerprint density at radius 3 is 2.14 bits per heavy atom. The molecule has 0 aliphatic heterocycles. The molecule has 2 N–H and O–H groups in total. The fourth-order valence-electron chi connectivity index (χ4n) is 3.70. The minimum Gasteiger partial charge on any atom is -0.493 e. The van der Waals surface area contributed by atoms with Crippen LogP contribution >= 0.6 is 11.6 Å². The van der Waals surface area contributed by atoms with Gasteiger partial charge in [-0.15, -0.1) is 0 Å². The normalized spacial score (nSPS) is 11.2. The van der Waals surface area contributed by atoms with Gasteiger partial charge in [-0.1, -0.05) is 23.7 Å². The van der Waals surface area contributed by atoms with Crippen LogP contribution in [0.5, 0.6) is 17.2 Å². The van der Waals surface area contributed by atoms with Crippen molar-refractivity contribution in [3.05, 3.63) is 59.6 Å². The van der Waals surface area contributed by atoms with Crippen LogP contribution in [0.2, 0.25) is 5.15 Å². The van der Waals surface area contributed by atoms with E-state index in [1.807, 2.05) is 0 Å². The molecule has 4 aromatic rings. The van der Waals surface area contributed by atoms with E-state index in [0.29, 0.717) is 45.8 Å². The van der Waals surface area contributed by atoms with Crippen LogP contribution in [-0.2, 0) is 17.1 Å². The van der Waals surface area contributed by atoms with Crippen molar-refractivity contribution >= 4 is 38.8 Å². The zero-order chi connectivity index (χ0) is 26.7. The number of aromatic nitrogens is 4. The van der Waals surface area contributed by atoms with E-state index in [0.717, 1.165) is 5.56 Å². The van der Waals surface area contributed by atoms with Crippen molar-refractivity contribution in [3.8, 4) is 28.5 Å². The van der Waals surface area contributed by atoms with Gasteiger partial charge in [-0.05, 0) is 19.1 Å². The van der Waals surface area contributed by atoms with Crippen molar-refractivity contribution in [3.63, 3.8) is 0 Å². The standard InChI is InChI=1S/C24H25ClN6O5S/c1-14-23(24(25)31(2)29-14)37(32,33)30-16-8-6-15(7-9-16)18-12-26-13-21(28-18)27-17-10-19(34-3)22(36-5)20(11-17)35-4/h6-13,30H,1-5H3,(H,27,28). The number of nitrogens with one attached hydrogen (secondary N) is 2. The Morgan fingerprint density at radius 2 is 1.59 bits per heavy atom. The van der Waals surface area contributed by atoms with E-state index in [9.17, 15) is 8.42 Å².